The van der Waals surface area contributed by atoms with E-state index in [-0.39, 0.29) is 30.3 Å². The number of ketones is 1. The molecule has 2 unspecified atom stereocenters. The van der Waals surface area contributed by atoms with E-state index in [0.29, 0.717) is 25.7 Å². The zero-order chi connectivity index (χ0) is 23.8. The minimum atomic E-state index is -0.940. The fraction of sp³-hybridized carbons (Fsp3) is 0.826. The van der Waals surface area contributed by atoms with Gasteiger partial charge >= 0.3 is 0 Å². The van der Waals surface area contributed by atoms with Crippen molar-refractivity contribution in [3.63, 3.8) is 0 Å². The molecule has 0 aromatic heterocycles. The van der Waals surface area contributed by atoms with Gasteiger partial charge in [-0.3, -0.25) is 19.2 Å². The summed E-state index contributed by atoms with van der Waals surface area (Å²) >= 11 is 0. The zero-order valence-electron chi connectivity index (χ0n) is 19.6. The van der Waals surface area contributed by atoms with Gasteiger partial charge in [-0.1, -0.05) is 34.1 Å². The quantitative estimate of drug-likeness (QED) is 0.386. The molecular formula is C23H38N4O5. The van der Waals surface area contributed by atoms with E-state index >= 15 is 0 Å². The molecule has 0 bridgehead atoms. The molecule has 1 aliphatic heterocycles. The Morgan fingerprint density at radius 1 is 1.09 bits per heavy atom. The van der Waals surface area contributed by atoms with Crippen molar-refractivity contribution in [2.75, 3.05) is 6.54 Å². The SMILES string of the molecule is CCCC(NC(=O)[C@@H]1[C@H]2CCC(O)[C@H]2CN1C(=O)[C@@H](N)C(C)(C)C)C(=O)C(=O)NC1CC1. The number of hydrogen-bond acceptors (Lipinski definition) is 6. The maximum Gasteiger partial charge on any atom is 0.289 e. The Bertz CT molecular complexity index is 760. The molecule has 3 fully saturated rings. The van der Waals surface area contributed by atoms with Gasteiger partial charge in [0.1, 0.15) is 6.04 Å². The van der Waals surface area contributed by atoms with Gasteiger partial charge in [-0.15, -0.1) is 0 Å². The number of Topliss-reactive ketones (excluding diaryl/α,β-unsaturated/α-hetero) is 1. The molecule has 2 aliphatic carbocycles. The first-order chi connectivity index (χ1) is 15.0. The van der Waals surface area contributed by atoms with Crippen LogP contribution in [-0.2, 0) is 19.2 Å². The van der Waals surface area contributed by atoms with E-state index in [1.807, 2.05) is 27.7 Å². The number of nitrogens with zero attached hydrogens (tertiary/aromatic N) is 1. The van der Waals surface area contributed by atoms with E-state index in [1.54, 1.807) is 0 Å². The number of aliphatic hydroxyl groups is 1. The maximum atomic E-state index is 13.4. The second-order valence-corrected chi connectivity index (χ2v) is 10.7. The maximum absolute atomic E-state index is 13.4. The third-order valence-corrected chi connectivity index (χ3v) is 7.09. The first kappa shape index (κ1) is 24.6. The van der Waals surface area contributed by atoms with E-state index in [0.717, 1.165) is 12.8 Å². The number of hydrogen-bond donors (Lipinski definition) is 4. The highest BCUT2D eigenvalue weighted by Crippen LogP contribution is 2.43. The average Bonchev–Trinajstić information content (AvgIpc) is 3.34. The molecule has 3 aliphatic rings. The van der Waals surface area contributed by atoms with E-state index in [2.05, 4.69) is 10.6 Å². The molecule has 1 heterocycles. The first-order valence-corrected chi connectivity index (χ1v) is 11.8. The van der Waals surface area contributed by atoms with E-state index in [9.17, 15) is 24.3 Å². The topological polar surface area (TPSA) is 142 Å². The molecule has 5 N–H and O–H groups in total. The first-order valence-electron chi connectivity index (χ1n) is 11.8. The van der Waals surface area contributed by atoms with Gasteiger partial charge in [-0.05, 0) is 43.4 Å². The summed E-state index contributed by atoms with van der Waals surface area (Å²) in [6.07, 6.45) is 3.30. The molecule has 2 saturated carbocycles. The molecule has 1 saturated heterocycles. The number of nitrogens with two attached hydrogens (primary N) is 1. The lowest BCUT2D eigenvalue weighted by Crippen LogP contribution is -2.58. The number of fused-ring (bicyclic) bond motifs is 1. The van der Waals surface area contributed by atoms with Crippen molar-refractivity contribution in [2.24, 2.45) is 23.0 Å². The Hall–Kier alpha value is -2.00. The zero-order valence-corrected chi connectivity index (χ0v) is 19.6. The number of carbonyl (C=O) groups excluding carboxylic acids is 4. The number of amides is 3. The highest BCUT2D eigenvalue weighted by Gasteiger charge is 2.54. The van der Waals surface area contributed by atoms with Crippen LogP contribution in [0.15, 0.2) is 0 Å². The highest BCUT2D eigenvalue weighted by molar-refractivity contribution is 6.38. The second kappa shape index (κ2) is 9.47. The monoisotopic (exact) mass is 450 g/mol. The van der Waals surface area contributed by atoms with Crippen molar-refractivity contribution < 1.29 is 24.3 Å². The van der Waals surface area contributed by atoms with E-state index in [4.69, 9.17) is 5.73 Å². The van der Waals surface area contributed by atoms with Crippen LogP contribution in [0.4, 0.5) is 0 Å². The number of nitrogens with one attached hydrogen (secondary N) is 2. The molecule has 0 aromatic rings. The van der Waals surface area contributed by atoms with Crippen LogP contribution in [0.3, 0.4) is 0 Å². The van der Waals surface area contributed by atoms with Gasteiger partial charge in [0.15, 0.2) is 0 Å². The van der Waals surface area contributed by atoms with E-state index in [1.165, 1.54) is 4.90 Å². The number of aliphatic hydroxyl groups excluding tert-OH is 1. The molecule has 3 amide bonds. The fourth-order valence-corrected chi connectivity index (χ4v) is 4.87. The molecule has 9 nitrogen and oxygen atoms in total. The Morgan fingerprint density at radius 3 is 2.31 bits per heavy atom. The van der Waals surface area contributed by atoms with Crippen molar-refractivity contribution in [3.8, 4) is 0 Å². The highest BCUT2D eigenvalue weighted by atomic mass is 16.3. The third kappa shape index (κ3) is 5.14. The Balaban J connectivity index is 1.78. The van der Waals surface area contributed by atoms with Gasteiger partial charge in [-0.25, -0.2) is 0 Å². The van der Waals surface area contributed by atoms with Crippen LogP contribution in [0.25, 0.3) is 0 Å². The number of rotatable bonds is 8. The molecule has 3 rings (SSSR count). The predicted octanol–water partition coefficient (Wildman–Crippen LogP) is 0.0903. The summed E-state index contributed by atoms with van der Waals surface area (Å²) < 4.78 is 0. The van der Waals surface area contributed by atoms with Gasteiger partial charge in [0.2, 0.25) is 17.6 Å². The summed E-state index contributed by atoms with van der Waals surface area (Å²) in [7, 11) is 0. The lowest BCUT2D eigenvalue weighted by molar-refractivity contribution is -0.144. The van der Waals surface area contributed by atoms with Crippen LogP contribution in [0.2, 0.25) is 0 Å². The lowest BCUT2D eigenvalue weighted by Gasteiger charge is -2.34. The summed E-state index contributed by atoms with van der Waals surface area (Å²) in [5.74, 6) is -2.50. The molecular weight excluding hydrogens is 412 g/mol. The molecule has 0 spiro atoms. The summed E-state index contributed by atoms with van der Waals surface area (Å²) in [5.41, 5.74) is 5.73. The van der Waals surface area contributed by atoms with Crippen molar-refractivity contribution >= 4 is 23.5 Å². The van der Waals surface area contributed by atoms with Gasteiger partial charge in [0, 0.05) is 18.5 Å². The van der Waals surface area contributed by atoms with Crippen LogP contribution in [0.5, 0.6) is 0 Å². The lowest BCUT2D eigenvalue weighted by atomic mass is 9.86. The van der Waals surface area contributed by atoms with Crippen LogP contribution in [0.1, 0.15) is 66.2 Å². The Labute approximate surface area is 189 Å². The van der Waals surface area contributed by atoms with Crippen LogP contribution >= 0.6 is 0 Å². The smallest absolute Gasteiger partial charge is 0.289 e. The number of carbonyl (C=O) groups is 4. The minimum Gasteiger partial charge on any atom is -0.393 e. The summed E-state index contributed by atoms with van der Waals surface area (Å²) in [6.45, 7) is 7.74. The molecule has 0 radical (unpaired) electrons. The molecule has 6 atom stereocenters. The molecule has 0 aromatic carbocycles. The summed E-state index contributed by atoms with van der Waals surface area (Å²) in [6, 6.07) is -2.50. The normalized spacial score (nSPS) is 29.2. The van der Waals surface area contributed by atoms with Crippen molar-refractivity contribution in [2.45, 2.75) is 96.5 Å². The van der Waals surface area contributed by atoms with Crippen LogP contribution in [-0.4, -0.2) is 70.3 Å². The van der Waals surface area contributed by atoms with Gasteiger partial charge in [0.25, 0.3) is 5.91 Å². The molecule has 32 heavy (non-hydrogen) atoms. The van der Waals surface area contributed by atoms with Crippen LogP contribution < -0.4 is 16.4 Å². The summed E-state index contributed by atoms with van der Waals surface area (Å²) in [5, 5.41) is 15.8. The molecule has 9 heteroatoms. The fourth-order valence-electron chi connectivity index (χ4n) is 4.87. The minimum absolute atomic E-state index is 0.0481. The Kier molecular flexibility index (Phi) is 7.29. The molecule has 180 valence electrons. The van der Waals surface area contributed by atoms with Crippen LogP contribution in [0, 0.1) is 17.3 Å². The number of likely N-dealkylation sites (tertiary alicyclic amines) is 1. The van der Waals surface area contributed by atoms with E-state index < -0.39 is 47.2 Å². The van der Waals surface area contributed by atoms with Crippen molar-refractivity contribution in [3.05, 3.63) is 0 Å². The van der Waals surface area contributed by atoms with Gasteiger partial charge in [0.05, 0.1) is 18.2 Å². The second-order valence-electron chi connectivity index (χ2n) is 10.7. The predicted molar refractivity (Wildman–Crippen MR) is 118 cm³/mol. The Morgan fingerprint density at radius 2 is 1.75 bits per heavy atom. The van der Waals surface area contributed by atoms with Gasteiger partial charge in [-0.2, -0.15) is 0 Å². The summed E-state index contributed by atoms with van der Waals surface area (Å²) in [4.78, 5) is 53.1. The van der Waals surface area contributed by atoms with Crippen molar-refractivity contribution in [1.82, 2.24) is 15.5 Å². The average molecular weight is 451 g/mol. The van der Waals surface area contributed by atoms with Crippen molar-refractivity contribution in [1.29, 1.82) is 0 Å². The largest absolute Gasteiger partial charge is 0.393 e. The van der Waals surface area contributed by atoms with Gasteiger partial charge < -0.3 is 26.4 Å². The third-order valence-electron chi connectivity index (χ3n) is 7.09. The standard InChI is InChI=1S/C23H38N4O5/c1-5-6-15(18(29)21(31)25-12-7-8-12)26-20(30)17-13-9-10-16(28)14(13)11-27(17)22(32)19(24)23(2,3)4/h12-17,19,28H,5-11,24H2,1-4H3,(H,25,31)(H,26,30)/t13-,14-,15?,16?,17-,19+/m0/s1.